The minimum atomic E-state index is -0.482. The van der Waals surface area contributed by atoms with Crippen LogP contribution in [0.25, 0.3) is 11.3 Å². The van der Waals surface area contributed by atoms with E-state index in [2.05, 4.69) is 9.97 Å². The van der Waals surface area contributed by atoms with Gasteiger partial charge in [-0.1, -0.05) is 12.1 Å². The van der Waals surface area contributed by atoms with E-state index < -0.39 is 5.82 Å². The van der Waals surface area contributed by atoms with Gasteiger partial charge in [-0.2, -0.15) is 10.2 Å². The fourth-order valence-corrected chi connectivity index (χ4v) is 1.72. The number of hydrogen-bond donors (Lipinski definition) is 2. The molecule has 90 valence electrons. The van der Waals surface area contributed by atoms with Crippen molar-refractivity contribution in [1.29, 1.82) is 5.26 Å². The minimum Gasteiger partial charge on any atom is -0.382 e. The molecule has 0 amide bonds. The lowest BCUT2D eigenvalue weighted by Crippen LogP contribution is -2.06. The Hall–Kier alpha value is -2.68. The third kappa shape index (κ3) is 1.82. The summed E-state index contributed by atoms with van der Waals surface area (Å²) in [5.41, 5.74) is 12.1. The van der Waals surface area contributed by atoms with Crippen molar-refractivity contribution < 1.29 is 4.39 Å². The third-order valence-electron chi connectivity index (χ3n) is 2.52. The summed E-state index contributed by atoms with van der Waals surface area (Å²) in [7, 11) is 0. The van der Waals surface area contributed by atoms with Crippen molar-refractivity contribution >= 4 is 11.8 Å². The van der Waals surface area contributed by atoms with Gasteiger partial charge < -0.3 is 11.5 Å². The topological polar surface area (TPSA) is 102 Å². The lowest BCUT2D eigenvalue weighted by Gasteiger charge is -2.10. The Balaban J connectivity index is 2.84. The number of halogens is 1. The molecule has 1 heterocycles. The molecular formula is C12H10FN5. The maximum Gasteiger partial charge on any atom is 0.222 e. The Kier molecular flexibility index (Phi) is 2.81. The average Bonchev–Trinajstić information content (AvgIpc) is 2.28. The first-order chi connectivity index (χ1) is 8.54. The van der Waals surface area contributed by atoms with E-state index >= 15 is 0 Å². The van der Waals surface area contributed by atoms with Crippen molar-refractivity contribution in [3.05, 3.63) is 35.1 Å². The summed E-state index contributed by atoms with van der Waals surface area (Å²) >= 11 is 0. The Labute approximate surface area is 103 Å². The zero-order valence-electron chi connectivity index (χ0n) is 9.61. The fourth-order valence-electron chi connectivity index (χ4n) is 1.72. The van der Waals surface area contributed by atoms with Crippen molar-refractivity contribution in [1.82, 2.24) is 9.97 Å². The molecule has 0 atom stereocenters. The molecule has 0 radical (unpaired) electrons. The van der Waals surface area contributed by atoms with Gasteiger partial charge in [-0.3, -0.25) is 0 Å². The van der Waals surface area contributed by atoms with Gasteiger partial charge in [-0.05, 0) is 18.6 Å². The van der Waals surface area contributed by atoms with Crippen LogP contribution >= 0.6 is 0 Å². The zero-order valence-corrected chi connectivity index (χ0v) is 9.61. The highest BCUT2D eigenvalue weighted by atomic mass is 19.1. The highest BCUT2D eigenvalue weighted by molar-refractivity contribution is 5.75. The average molecular weight is 243 g/mol. The number of nitrogens with two attached hydrogens (primary N) is 2. The molecule has 0 fully saturated rings. The molecule has 5 nitrogen and oxygen atoms in total. The molecule has 0 bridgehead atoms. The van der Waals surface area contributed by atoms with Crippen LogP contribution in [0.1, 0.15) is 11.1 Å². The quantitative estimate of drug-likeness (QED) is 0.792. The number of rotatable bonds is 1. The van der Waals surface area contributed by atoms with Crippen LogP contribution in [0.4, 0.5) is 16.2 Å². The largest absolute Gasteiger partial charge is 0.382 e. The molecule has 0 unspecified atom stereocenters. The third-order valence-corrected chi connectivity index (χ3v) is 2.52. The van der Waals surface area contributed by atoms with Gasteiger partial charge >= 0.3 is 0 Å². The molecule has 4 N–H and O–H groups in total. The molecule has 18 heavy (non-hydrogen) atoms. The Morgan fingerprint density at radius 2 is 2.00 bits per heavy atom. The van der Waals surface area contributed by atoms with Gasteiger partial charge in [0.15, 0.2) is 0 Å². The van der Waals surface area contributed by atoms with E-state index in [0.29, 0.717) is 5.56 Å². The van der Waals surface area contributed by atoms with Crippen molar-refractivity contribution in [3.8, 4) is 17.3 Å². The van der Waals surface area contributed by atoms with Crippen molar-refractivity contribution in [2.24, 2.45) is 0 Å². The second-order valence-electron chi connectivity index (χ2n) is 3.73. The van der Waals surface area contributed by atoms with E-state index in [4.69, 9.17) is 16.7 Å². The number of anilines is 2. The Morgan fingerprint density at radius 3 is 2.61 bits per heavy atom. The molecule has 2 rings (SSSR count). The summed E-state index contributed by atoms with van der Waals surface area (Å²) < 4.78 is 13.9. The van der Waals surface area contributed by atoms with Crippen LogP contribution in [-0.4, -0.2) is 9.97 Å². The van der Waals surface area contributed by atoms with Crippen LogP contribution in [-0.2, 0) is 0 Å². The van der Waals surface area contributed by atoms with Gasteiger partial charge in [0.05, 0.1) is 5.69 Å². The van der Waals surface area contributed by atoms with Crippen LogP contribution in [0.3, 0.4) is 0 Å². The Bertz CT molecular complexity index is 640. The van der Waals surface area contributed by atoms with Crippen LogP contribution in [0, 0.1) is 24.1 Å². The smallest absolute Gasteiger partial charge is 0.222 e. The van der Waals surface area contributed by atoms with Gasteiger partial charge in [0.2, 0.25) is 5.95 Å². The predicted octanol–water partition coefficient (Wildman–Crippen LogP) is 1.63. The van der Waals surface area contributed by atoms with Gasteiger partial charge in [0.25, 0.3) is 0 Å². The van der Waals surface area contributed by atoms with Gasteiger partial charge in [0, 0.05) is 5.56 Å². The van der Waals surface area contributed by atoms with Gasteiger partial charge in [0.1, 0.15) is 23.3 Å². The number of aromatic nitrogens is 2. The van der Waals surface area contributed by atoms with Crippen LogP contribution in [0.5, 0.6) is 0 Å². The highest BCUT2D eigenvalue weighted by Gasteiger charge is 2.17. The molecule has 6 heteroatoms. The summed E-state index contributed by atoms with van der Waals surface area (Å²) in [6, 6.07) is 6.46. The maximum atomic E-state index is 13.9. The SMILES string of the molecule is Cc1cccc(F)c1-c1nc(N)nc(N)c1C#N. The highest BCUT2D eigenvalue weighted by Crippen LogP contribution is 2.29. The number of hydrogen-bond acceptors (Lipinski definition) is 5. The molecule has 0 aliphatic rings. The molecular weight excluding hydrogens is 233 g/mol. The van der Waals surface area contributed by atoms with Crippen LogP contribution < -0.4 is 11.5 Å². The maximum absolute atomic E-state index is 13.9. The van der Waals surface area contributed by atoms with Crippen molar-refractivity contribution in [2.45, 2.75) is 6.92 Å². The molecule has 0 spiro atoms. The molecule has 0 saturated heterocycles. The second-order valence-corrected chi connectivity index (χ2v) is 3.73. The van der Waals surface area contributed by atoms with E-state index in [1.807, 2.05) is 6.07 Å². The lowest BCUT2D eigenvalue weighted by molar-refractivity contribution is 0.629. The van der Waals surface area contributed by atoms with E-state index in [9.17, 15) is 4.39 Å². The number of aryl methyl sites for hydroxylation is 1. The number of nitrogen functional groups attached to an aromatic ring is 2. The molecule has 0 saturated carbocycles. The zero-order chi connectivity index (χ0) is 13.3. The summed E-state index contributed by atoms with van der Waals surface area (Å²) in [4.78, 5) is 7.61. The number of benzene rings is 1. The summed E-state index contributed by atoms with van der Waals surface area (Å²) in [5.74, 6) is -0.629. The molecule has 1 aromatic heterocycles. The van der Waals surface area contributed by atoms with Gasteiger partial charge in [-0.15, -0.1) is 0 Å². The van der Waals surface area contributed by atoms with E-state index in [1.165, 1.54) is 6.07 Å². The number of nitrogens with zero attached hydrogens (tertiary/aromatic N) is 3. The fraction of sp³-hybridized carbons (Fsp3) is 0.0833. The molecule has 1 aromatic carbocycles. The molecule has 0 aliphatic carbocycles. The Morgan fingerprint density at radius 1 is 1.28 bits per heavy atom. The minimum absolute atomic E-state index is 0.0254. The first-order valence-corrected chi connectivity index (χ1v) is 5.13. The molecule has 0 aliphatic heterocycles. The van der Waals surface area contributed by atoms with E-state index in [-0.39, 0.29) is 28.6 Å². The summed E-state index contributed by atoms with van der Waals surface area (Å²) in [5, 5.41) is 9.06. The van der Waals surface area contributed by atoms with E-state index in [0.717, 1.165) is 0 Å². The van der Waals surface area contributed by atoms with Crippen molar-refractivity contribution in [2.75, 3.05) is 11.5 Å². The van der Waals surface area contributed by atoms with Crippen LogP contribution in [0.2, 0.25) is 0 Å². The van der Waals surface area contributed by atoms with Crippen LogP contribution in [0.15, 0.2) is 18.2 Å². The first-order valence-electron chi connectivity index (χ1n) is 5.13. The first kappa shape index (κ1) is 11.8. The normalized spacial score (nSPS) is 10.1. The lowest BCUT2D eigenvalue weighted by atomic mass is 10.0. The standard InChI is InChI=1S/C12H10FN5/c1-6-3-2-4-8(13)9(6)10-7(5-14)11(15)18-12(16)17-10/h2-4H,1H3,(H4,15,16,17,18). The number of nitriles is 1. The monoisotopic (exact) mass is 243 g/mol. The van der Waals surface area contributed by atoms with E-state index in [1.54, 1.807) is 19.1 Å². The van der Waals surface area contributed by atoms with Gasteiger partial charge in [-0.25, -0.2) is 9.37 Å². The van der Waals surface area contributed by atoms with Crippen molar-refractivity contribution in [3.63, 3.8) is 0 Å². The summed E-state index contributed by atoms with van der Waals surface area (Å²) in [6.07, 6.45) is 0. The summed E-state index contributed by atoms with van der Waals surface area (Å²) in [6.45, 7) is 1.72. The predicted molar refractivity (Wildman–Crippen MR) is 65.7 cm³/mol. The second kappa shape index (κ2) is 4.30. The molecule has 2 aromatic rings.